The van der Waals surface area contributed by atoms with Crippen LogP contribution in [0.25, 0.3) is 0 Å². The summed E-state index contributed by atoms with van der Waals surface area (Å²) in [4.78, 5) is 11.8. The van der Waals surface area contributed by atoms with Crippen LogP contribution >= 0.6 is 0 Å². The summed E-state index contributed by atoms with van der Waals surface area (Å²) in [5.41, 5.74) is 8.78. The van der Waals surface area contributed by atoms with Crippen molar-refractivity contribution >= 4 is 11.6 Å². The molecule has 0 unspecified atom stereocenters. The Hall–Kier alpha value is -1.81. The van der Waals surface area contributed by atoms with E-state index in [0.29, 0.717) is 31.0 Å². The number of nitrogen functional groups attached to an aromatic ring is 1. The summed E-state index contributed by atoms with van der Waals surface area (Å²) in [6, 6.07) is 5.24. The molecule has 1 amide bonds. The Morgan fingerprint density at radius 2 is 2.22 bits per heavy atom. The third-order valence-electron chi connectivity index (χ3n) is 2.38. The van der Waals surface area contributed by atoms with Crippen LogP contribution in [0.2, 0.25) is 0 Å². The number of nitrogens with two attached hydrogens (primary N) is 1. The van der Waals surface area contributed by atoms with Crippen LogP contribution in [0.15, 0.2) is 30.4 Å². The minimum absolute atomic E-state index is 0.105. The molecule has 0 heterocycles. The van der Waals surface area contributed by atoms with Gasteiger partial charge < -0.3 is 15.8 Å². The molecule has 1 aromatic carbocycles. The monoisotopic (exact) mass is 248 g/mol. The van der Waals surface area contributed by atoms with E-state index in [9.17, 15) is 4.79 Å². The number of carbonyl (C=O) groups excluding carboxylic acids is 1. The van der Waals surface area contributed by atoms with Gasteiger partial charge in [0, 0.05) is 17.8 Å². The number of carbonyl (C=O) groups is 1. The van der Waals surface area contributed by atoms with Crippen LogP contribution in [-0.4, -0.2) is 25.7 Å². The van der Waals surface area contributed by atoms with Crippen LogP contribution in [0.3, 0.4) is 0 Å². The highest BCUT2D eigenvalue weighted by atomic mass is 16.5. The smallest absolute Gasteiger partial charge is 0.251 e. The summed E-state index contributed by atoms with van der Waals surface area (Å²) in [5.74, 6) is -0.105. The lowest BCUT2D eigenvalue weighted by Gasteiger charge is -2.08. The van der Waals surface area contributed by atoms with Gasteiger partial charge in [0.1, 0.15) is 0 Å². The second-order valence-corrected chi connectivity index (χ2v) is 4.34. The first kappa shape index (κ1) is 14.3. The average Bonchev–Trinajstić information content (AvgIpc) is 2.27. The van der Waals surface area contributed by atoms with Gasteiger partial charge in [0.2, 0.25) is 0 Å². The molecule has 4 nitrogen and oxygen atoms in total. The van der Waals surface area contributed by atoms with E-state index in [1.165, 1.54) is 0 Å². The van der Waals surface area contributed by atoms with Crippen LogP contribution in [0, 0.1) is 6.92 Å². The van der Waals surface area contributed by atoms with E-state index >= 15 is 0 Å². The van der Waals surface area contributed by atoms with Gasteiger partial charge in [-0.2, -0.15) is 0 Å². The lowest BCUT2D eigenvalue weighted by atomic mass is 10.1. The van der Waals surface area contributed by atoms with Crippen molar-refractivity contribution < 1.29 is 9.53 Å². The van der Waals surface area contributed by atoms with E-state index in [-0.39, 0.29) is 5.91 Å². The molecule has 4 heteroatoms. The van der Waals surface area contributed by atoms with Crippen molar-refractivity contribution in [3.63, 3.8) is 0 Å². The van der Waals surface area contributed by atoms with Crippen LogP contribution in [0.4, 0.5) is 5.69 Å². The molecular formula is C14H20N2O2. The Bertz CT molecular complexity index is 441. The zero-order valence-corrected chi connectivity index (χ0v) is 11.0. The number of nitrogens with one attached hydrogen (secondary N) is 1. The fourth-order valence-corrected chi connectivity index (χ4v) is 1.52. The highest BCUT2D eigenvalue weighted by molar-refractivity contribution is 5.95. The maximum atomic E-state index is 11.8. The van der Waals surface area contributed by atoms with E-state index in [1.54, 1.807) is 18.2 Å². The van der Waals surface area contributed by atoms with Gasteiger partial charge in [0.05, 0.1) is 13.2 Å². The molecule has 0 fully saturated rings. The normalized spacial score (nSPS) is 10.1. The fraction of sp³-hybridized carbons (Fsp3) is 0.357. The number of anilines is 1. The van der Waals surface area contributed by atoms with Gasteiger partial charge >= 0.3 is 0 Å². The third kappa shape index (κ3) is 4.59. The topological polar surface area (TPSA) is 64.3 Å². The number of aryl methyl sites for hydroxylation is 1. The van der Waals surface area contributed by atoms with Crippen LogP contribution in [0.1, 0.15) is 22.8 Å². The standard InChI is InChI=1S/C14H20N2O2/c1-10(2)9-18-7-6-16-14(17)13-5-4-12(15)8-11(13)3/h4-5,8H,1,6-7,9,15H2,2-3H3,(H,16,17). The van der Waals surface area contributed by atoms with Crippen molar-refractivity contribution in [3.05, 3.63) is 41.5 Å². The first-order chi connectivity index (χ1) is 8.50. The maximum Gasteiger partial charge on any atom is 0.251 e. The summed E-state index contributed by atoms with van der Waals surface area (Å²) >= 11 is 0. The highest BCUT2D eigenvalue weighted by Gasteiger charge is 2.07. The molecule has 3 N–H and O–H groups in total. The summed E-state index contributed by atoms with van der Waals surface area (Å²) < 4.78 is 5.30. The molecule has 0 spiro atoms. The molecule has 0 radical (unpaired) electrons. The van der Waals surface area contributed by atoms with Crippen molar-refractivity contribution in [1.29, 1.82) is 0 Å². The number of hydrogen-bond acceptors (Lipinski definition) is 3. The SMILES string of the molecule is C=C(C)COCCNC(=O)c1ccc(N)cc1C. The summed E-state index contributed by atoms with van der Waals surface area (Å²) in [5, 5.41) is 2.80. The molecule has 0 saturated carbocycles. The Balaban J connectivity index is 2.39. The first-order valence-corrected chi connectivity index (χ1v) is 5.87. The van der Waals surface area contributed by atoms with E-state index in [0.717, 1.165) is 11.1 Å². The van der Waals surface area contributed by atoms with Gasteiger partial charge in [-0.05, 0) is 37.6 Å². The Labute approximate surface area is 108 Å². The number of hydrogen-bond donors (Lipinski definition) is 2. The molecular weight excluding hydrogens is 228 g/mol. The Morgan fingerprint density at radius 1 is 1.50 bits per heavy atom. The van der Waals surface area contributed by atoms with E-state index in [4.69, 9.17) is 10.5 Å². The van der Waals surface area contributed by atoms with Crippen molar-refractivity contribution in [2.75, 3.05) is 25.5 Å². The van der Waals surface area contributed by atoms with Crippen LogP contribution in [0.5, 0.6) is 0 Å². The largest absolute Gasteiger partial charge is 0.399 e. The van der Waals surface area contributed by atoms with Gasteiger partial charge in [0.25, 0.3) is 5.91 Å². The van der Waals surface area contributed by atoms with Gasteiger partial charge in [0.15, 0.2) is 0 Å². The summed E-state index contributed by atoms with van der Waals surface area (Å²) in [6.07, 6.45) is 0. The quantitative estimate of drug-likeness (QED) is 0.459. The summed E-state index contributed by atoms with van der Waals surface area (Å²) in [7, 11) is 0. The van der Waals surface area contributed by atoms with E-state index in [1.807, 2.05) is 13.8 Å². The Morgan fingerprint density at radius 3 is 2.83 bits per heavy atom. The summed E-state index contributed by atoms with van der Waals surface area (Å²) in [6.45, 7) is 8.98. The van der Waals surface area contributed by atoms with E-state index in [2.05, 4.69) is 11.9 Å². The second kappa shape index (κ2) is 6.81. The lowest BCUT2D eigenvalue weighted by molar-refractivity contribution is 0.0926. The molecule has 0 aliphatic rings. The van der Waals surface area contributed by atoms with E-state index < -0.39 is 0 Å². The predicted molar refractivity (Wildman–Crippen MR) is 73.6 cm³/mol. The number of benzene rings is 1. The minimum Gasteiger partial charge on any atom is -0.399 e. The Kier molecular flexibility index (Phi) is 5.39. The van der Waals surface area contributed by atoms with Crippen molar-refractivity contribution in [1.82, 2.24) is 5.32 Å². The predicted octanol–water partition coefficient (Wildman–Crippen LogP) is 1.90. The lowest BCUT2D eigenvalue weighted by Crippen LogP contribution is -2.28. The molecule has 0 aromatic heterocycles. The zero-order chi connectivity index (χ0) is 13.5. The molecule has 1 aromatic rings. The van der Waals surface area contributed by atoms with Crippen LogP contribution < -0.4 is 11.1 Å². The number of ether oxygens (including phenoxy) is 1. The average molecular weight is 248 g/mol. The van der Waals surface area contributed by atoms with Crippen molar-refractivity contribution in [2.45, 2.75) is 13.8 Å². The second-order valence-electron chi connectivity index (χ2n) is 4.34. The molecule has 98 valence electrons. The third-order valence-corrected chi connectivity index (χ3v) is 2.38. The fourth-order valence-electron chi connectivity index (χ4n) is 1.52. The number of rotatable bonds is 6. The molecule has 18 heavy (non-hydrogen) atoms. The van der Waals surface area contributed by atoms with Gasteiger partial charge in [-0.15, -0.1) is 0 Å². The maximum absolute atomic E-state index is 11.8. The molecule has 0 aliphatic carbocycles. The molecule has 0 saturated heterocycles. The van der Waals surface area contributed by atoms with Gasteiger partial charge in [-0.3, -0.25) is 4.79 Å². The zero-order valence-electron chi connectivity index (χ0n) is 11.0. The van der Waals surface area contributed by atoms with Crippen molar-refractivity contribution in [3.8, 4) is 0 Å². The molecule has 0 aliphatic heterocycles. The van der Waals surface area contributed by atoms with Crippen LogP contribution in [-0.2, 0) is 4.74 Å². The molecule has 0 atom stereocenters. The number of amides is 1. The molecule has 1 rings (SSSR count). The highest BCUT2D eigenvalue weighted by Crippen LogP contribution is 2.11. The minimum atomic E-state index is -0.105. The van der Waals surface area contributed by atoms with Gasteiger partial charge in [-0.25, -0.2) is 0 Å². The molecule has 0 bridgehead atoms. The van der Waals surface area contributed by atoms with Gasteiger partial charge in [-0.1, -0.05) is 12.2 Å². The first-order valence-electron chi connectivity index (χ1n) is 5.87. The van der Waals surface area contributed by atoms with Crippen molar-refractivity contribution in [2.24, 2.45) is 0 Å².